The lowest BCUT2D eigenvalue weighted by atomic mass is 10.1. The fourth-order valence-corrected chi connectivity index (χ4v) is 1.62. The van der Waals surface area contributed by atoms with Crippen LogP contribution in [0.1, 0.15) is 25.5 Å². The lowest BCUT2D eigenvalue weighted by Crippen LogP contribution is -2.39. The van der Waals surface area contributed by atoms with Gasteiger partial charge in [-0.3, -0.25) is 0 Å². The molecule has 1 atom stereocenters. The molecule has 0 aliphatic heterocycles. The molecule has 1 aromatic rings. The molecule has 1 N–H and O–H groups in total. The topological polar surface area (TPSA) is 43.8 Å². The van der Waals surface area contributed by atoms with E-state index >= 15 is 0 Å². The van der Waals surface area contributed by atoms with E-state index in [1.165, 1.54) is 0 Å². The first kappa shape index (κ1) is 13.4. The van der Waals surface area contributed by atoms with E-state index in [4.69, 9.17) is 0 Å². The highest BCUT2D eigenvalue weighted by atomic mass is 16.3. The quantitative estimate of drug-likeness (QED) is 0.876. The second-order valence-corrected chi connectivity index (χ2v) is 4.14. The van der Waals surface area contributed by atoms with Crippen molar-refractivity contribution < 1.29 is 9.90 Å². The standard InChI is InChI=1S/C13H20N2O2/c1-5-14(3)13(17)15(4)10(2)11-8-6-7-9-12(11)16/h6-10,16H,5H2,1-4H3. The number of phenolic OH excluding ortho intramolecular Hbond substituents is 1. The van der Waals surface area contributed by atoms with Crippen LogP contribution >= 0.6 is 0 Å². The van der Waals surface area contributed by atoms with Crippen molar-refractivity contribution >= 4 is 6.03 Å². The van der Waals surface area contributed by atoms with E-state index in [1.807, 2.05) is 26.0 Å². The zero-order valence-corrected chi connectivity index (χ0v) is 10.8. The number of aromatic hydroxyl groups is 1. The maximum Gasteiger partial charge on any atom is 0.319 e. The molecule has 1 aromatic carbocycles. The average Bonchev–Trinajstić information content (AvgIpc) is 2.35. The molecule has 0 aliphatic rings. The van der Waals surface area contributed by atoms with Crippen LogP contribution in [0.15, 0.2) is 24.3 Å². The molecule has 94 valence electrons. The van der Waals surface area contributed by atoms with Gasteiger partial charge in [-0.1, -0.05) is 18.2 Å². The molecule has 2 amide bonds. The van der Waals surface area contributed by atoms with Gasteiger partial charge in [0.2, 0.25) is 0 Å². The van der Waals surface area contributed by atoms with Crippen molar-refractivity contribution in [2.75, 3.05) is 20.6 Å². The number of hydrogen-bond donors (Lipinski definition) is 1. The predicted octanol–water partition coefficient (Wildman–Crippen LogP) is 2.46. The maximum absolute atomic E-state index is 12.0. The Labute approximate surface area is 102 Å². The van der Waals surface area contributed by atoms with Crippen LogP contribution in [0.5, 0.6) is 5.75 Å². The van der Waals surface area contributed by atoms with Crippen molar-refractivity contribution in [2.24, 2.45) is 0 Å². The minimum absolute atomic E-state index is 0.0525. The normalized spacial score (nSPS) is 12.0. The highest BCUT2D eigenvalue weighted by Crippen LogP contribution is 2.27. The molecule has 4 nitrogen and oxygen atoms in total. The molecule has 0 spiro atoms. The first-order valence-corrected chi connectivity index (χ1v) is 5.74. The third-order valence-corrected chi connectivity index (χ3v) is 3.07. The summed E-state index contributed by atoms with van der Waals surface area (Å²) in [7, 11) is 3.50. The van der Waals surface area contributed by atoms with E-state index < -0.39 is 0 Å². The summed E-state index contributed by atoms with van der Waals surface area (Å²) in [5.41, 5.74) is 0.757. The molecule has 1 unspecified atom stereocenters. The van der Waals surface area contributed by atoms with Gasteiger partial charge in [0.25, 0.3) is 0 Å². The number of urea groups is 1. The minimum atomic E-state index is -0.155. The molecule has 0 fully saturated rings. The summed E-state index contributed by atoms with van der Waals surface area (Å²) in [6, 6.07) is 6.88. The van der Waals surface area contributed by atoms with Crippen LogP contribution in [0, 0.1) is 0 Å². The number of rotatable bonds is 3. The summed E-state index contributed by atoms with van der Waals surface area (Å²) in [6.07, 6.45) is 0. The van der Waals surface area contributed by atoms with Gasteiger partial charge in [-0.25, -0.2) is 4.79 Å². The van der Waals surface area contributed by atoms with Crippen LogP contribution in [-0.4, -0.2) is 41.6 Å². The third kappa shape index (κ3) is 2.90. The molecule has 0 heterocycles. The van der Waals surface area contributed by atoms with Gasteiger partial charge in [-0.2, -0.15) is 0 Å². The Morgan fingerprint density at radius 3 is 2.47 bits per heavy atom. The van der Waals surface area contributed by atoms with Crippen molar-refractivity contribution in [3.63, 3.8) is 0 Å². The zero-order valence-electron chi connectivity index (χ0n) is 10.8. The van der Waals surface area contributed by atoms with Gasteiger partial charge in [0.15, 0.2) is 0 Å². The SMILES string of the molecule is CCN(C)C(=O)N(C)C(C)c1ccccc1O. The van der Waals surface area contributed by atoms with Crippen LogP contribution < -0.4 is 0 Å². The first-order chi connectivity index (χ1) is 7.99. The van der Waals surface area contributed by atoms with Crippen molar-refractivity contribution in [3.05, 3.63) is 29.8 Å². The van der Waals surface area contributed by atoms with Gasteiger partial charge >= 0.3 is 6.03 Å². The third-order valence-electron chi connectivity index (χ3n) is 3.07. The molecular weight excluding hydrogens is 216 g/mol. The Bertz CT molecular complexity index is 393. The summed E-state index contributed by atoms with van der Waals surface area (Å²) >= 11 is 0. The summed E-state index contributed by atoms with van der Waals surface area (Å²) in [6.45, 7) is 4.49. The maximum atomic E-state index is 12.0. The van der Waals surface area contributed by atoms with Crippen molar-refractivity contribution in [2.45, 2.75) is 19.9 Å². The molecule has 0 bridgehead atoms. The van der Waals surface area contributed by atoms with E-state index in [9.17, 15) is 9.90 Å². The lowest BCUT2D eigenvalue weighted by molar-refractivity contribution is 0.161. The zero-order chi connectivity index (χ0) is 13.0. The fraction of sp³-hybridized carbons (Fsp3) is 0.462. The van der Waals surface area contributed by atoms with E-state index in [1.54, 1.807) is 36.0 Å². The van der Waals surface area contributed by atoms with Crippen molar-refractivity contribution in [1.82, 2.24) is 9.80 Å². The van der Waals surface area contributed by atoms with E-state index in [-0.39, 0.29) is 17.8 Å². The number of carbonyl (C=O) groups is 1. The van der Waals surface area contributed by atoms with Gasteiger partial charge in [0.1, 0.15) is 5.75 Å². The van der Waals surface area contributed by atoms with Crippen LogP contribution in [0.3, 0.4) is 0 Å². The van der Waals surface area contributed by atoms with Crippen LogP contribution in [0.4, 0.5) is 4.79 Å². The van der Waals surface area contributed by atoms with Gasteiger partial charge < -0.3 is 14.9 Å². The fourth-order valence-electron chi connectivity index (χ4n) is 1.62. The molecule has 4 heteroatoms. The highest BCUT2D eigenvalue weighted by Gasteiger charge is 2.21. The predicted molar refractivity (Wildman–Crippen MR) is 68.0 cm³/mol. The average molecular weight is 236 g/mol. The molecular formula is C13H20N2O2. The lowest BCUT2D eigenvalue weighted by Gasteiger charge is -2.29. The van der Waals surface area contributed by atoms with Gasteiger partial charge in [-0.05, 0) is 19.9 Å². The Hall–Kier alpha value is -1.71. The molecule has 0 saturated carbocycles. The van der Waals surface area contributed by atoms with Gasteiger partial charge in [0.05, 0.1) is 6.04 Å². The first-order valence-electron chi connectivity index (χ1n) is 5.74. The number of para-hydroxylation sites is 1. The molecule has 0 aromatic heterocycles. The van der Waals surface area contributed by atoms with Crippen molar-refractivity contribution in [1.29, 1.82) is 0 Å². The number of benzene rings is 1. The van der Waals surface area contributed by atoms with Crippen LogP contribution in [0.2, 0.25) is 0 Å². The summed E-state index contributed by atoms with van der Waals surface area (Å²) in [5.74, 6) is 0.221. The smallest absolute Gasteiger partial charge is 0.319 e. The number of hydrogen-bond acceptors (Lipinski definition) is 2. The number of amides is 2. The Morgan fingerprint density at radius 1 is 1.35 bits per heavy atom. The molecule has 0 aliphatic carbocycles. The van der Waals surface area contributed by atoms with Crippen LogP contribution in [0.25, 0.3) is 0 Å². The Kier molecular flexibility index (Phi) is 4.37. The van der Waals surface area contributed by atoms with Crippen LogP contribution in [-0.2, 0) is 0 Å². The molecule has 17 heavy (non-hydrogen) atoms. The Morgan fingerprint density at radius 2 is 1.94 bits per heavy atom. The van der Waals surface area contributed by atoms with Crippen molar-refractivity contribution in [3.8, 4) is 5.75 Å². The second-order valence-electron chi connectivity index (χ2n) is 4.14. The molecule has 0 radical (unpaired) electrons. The van der Waals surface area contributed by atoms with Gasteiger partial charge in [0, 0.05) is 26.2 Å². The molecule has 1 rings (SSSR count). The number of phenols is 1. The van der Waals surface area contributed by atoms with E-state index in [0.29, 0.717) is 6.54 Å². The number of nitrogens with zero attached hydrogens (tertiary/aromatic N) is 2. The van der Waals surface area contributed by atoms with E-state index in [0.717, 1.165) is 5.56 Å². The summed E-state index contributed by atoms with van der Waals surface area (Å²) in [5, 5.41) is 9.76. The monoisotopic (exact) mass is 236 g/mol. The summed E-state index contributed by atoms with van der Waals surface area (Å²) < 4.78 is 0. The minimum Gasteiger partial charge on any atom is -0.508 e. The highest BCUT2D eigenvalue weighted by molar-refractivity contribution is 5.74. The molecule has 0 saturated heterocycles. The largest absolute Gasteiger partial charge is 0.508 e. The second kappa shape index (κ2) is 5.57. The summed E-state index contributed by atoms with van der Waals surface area (Å²) in [4.78, 5) is 15.2. The Balaban J connectivity index is 2.87. The van der Waals surface area contributed by atoms with Gasteiger partial charge in [-0.15, -0.1) is 0 Å². The number of carbonyl (C=O) groups excluding carboxylic acids is 1. The van der Waals surface area contributed by atoms with E-state index in [2.05, 4.69) is 0 Å².